The van der Waals surface area contributed by atoms with E-state index in [9.17, 15) is 0 Å². The van der Waals surface area contributed by atoms with Gasteiger partial charge in [0.15, 0.2) is 0 Å². The number of hydrogen-bond acceptors (Lipinski definition) is 4. The van der Waals surface area contributed by atoms with E-state index in [1.165, 1.54) is 11.1 Å². The molecule has 5 heteroatoms. The molecule has 0 radical (unpaired) electrons. The molecule has 10 aromatic rings. The third-order valence-corrected chi connectivity index (χ3v) is 14.0. The molecule has 0 amide bonds. The highest BCUT2D eigenvalue weighted by Crippen LogP contribution is 2.52. The molecule has 3 aliphatic rings. The maximum Gasteiger partial charge on any atom is 0.135 e. The van der Waals surface area contributed by atoms with Gasteiger partial charge in [-0.2, -0.15) is 0 Å². The van der Waals surface area contributed by atoms with E-state index in [0.717, 1.165) is 123 Å². The number of para-hydroxylation sites is 2. The maximum atomic E-state index is 6.59. The van der Waals surface area contributed by atoms with Crippen LogP contribution in [0.4, 0.5) is 0 Å². The van der Waals surface area contributed by atoms with E-state index in [-0.39, 0.29) is 10.8 Å². The zero-order valence-electron chi connectivity index (χ0n) is 36.0. The van der Waals surface area contributed by atoms with E-state index in [4.69, 9.17) is 23.6 Å². The summed E-state index contributed by atoms with van der Waals surface area (Å²) in [4.78, 5) is 0. The molecule has 13 rings (SSSR count). The fourth-order valence-corrected chi connectivity index (χ4v) is 10.3. The second-order valence-electron chi connectivity index (χ2n) is 18.5. The van der Waals surface area contributed by atoms with Gasteiger partial charge >= 0.3 is 0 Å². The van der Waals surface area contributed by atoms with E-state index in [0.29, 0.717) is 6.54 Å². The number of nitrogens with zero attached hydrogens (tertiary/aromatic N) is 1. The van der Waals surface area contributed by atoms with Crippen molar-refractivity contribution < 1.29 is 18.3 Å². The van der Waals surface area contributed by atoms with Crippen LogP contribution in [-0.2, 0) is 10.8 Å². The van der Waals surface area contributed by atoms with Gasteiger partial charge in [-0.05, 0) is 118 Å². The number of allylic oxidation sites excluding steroid dienone is 2. The van der Waals surface area contributed by atoms with E-state index in [1.807, 2.05) is 24.3 Å². The highest BCUT2D eigenvalue weighted by Gasteiger charge is 2.36. The third kappa shape index (κ3) is 5.56. The summed E-state index contributed by atoms with van der Waals surface area (Å²) in [5, 5.41) is 9.67. The number of fused-ring (bicyclic) bond motifs is 10. The Hall–Kier alpha value is -7.76. The molecule has 0 saturated heterocycles. The van der Waals surface area contributed by atoms with Crippen LogP contribution >= 0.6 is 0 Å². The van der Waals surface area contributed by atoms with Gasteiger partial charge in [0.2, 0.25) is 0 Å². The minimum absolute atomic E-state index is 0.297. The molecule has 0 atom stereocenters. The number of furan rings is 2. The van der Waals surface area contributed by atoms with Crippen LogP contribution in [0, 0.1) is 0 Å². The van der Waals surface area contributed by atoms with Crippen LogP contribution in [-0.4, -0.2) is 6.54 Å². The van der Waals surface area contributed by atoms with Gasteiger partial charge < -0.3 is 23.6 Å². The van der Waals surface area contributed by atoms with Crippen molar-refractivity contribution in [2.24, 2.45) is 0 Å². The summed E-state index contributed by atoms with van der Waals surface area (Å²) < 4.78 is 25.4. The first-order chi connectivity index (χ1) is 31.2. The van der Waals surface area contributed by atoms with Crippen molar-refractivity contribution in [2.45, 2.75) is 38.5 Å². The molecular formula is C59H42NO4-. The van der Waals surface area contributed by atoms with Gasteiger partial charge in [-0.15, -0.1) is 12.2 Å². The highest BCUT2D eigenvalue weighted by atomic mass is 16.5. The molecule has 0 aliphatic carbocycles. The van der Waals surface area contributed by atoms with Crippen LogP contribution in [0.25, 0.3) is 82.7 Å². The van der Waals surface area contributed by atoms with Crippen molar-refractivity contribution in [1.82, 2.24) is 0 Å². The molecule has 64 heavy (non-hydrogen) atoms. The van der Waals surface area contributed by atoms with Crippen molar-refractivity contribution in [1.29, 1.82) is 0 Å². The lowest BCUT2D eigenvalue weighted by atomic mass is 9.74. The topological polar surface area (TPSA) is 58.8 Å². The SMILES string of the molecule is CC1(C)c2cc(C3=CC=C(c4ccc5c(c4)C(C)(C)c4cc(-c6ccc7oc8ccccc8c7c6)ccc4O5)[N-]C3)ccc2Oc2ccc(-c3ccc4oc5ccccc5c4c3)cc21. The zero-order chi connectivity index (χ0) is 42.9. The fourth-order valence-electron chi connectivity index (χ4n) is 10.3. The Labute approximate surface area is 370 Å². The standard InChI is InChI=1S/C59H42NO4/c1-58(2)45-29-36(34-14-21-52-43(27-34)41-9-5-7-11-50(41)61-52)16-23-54(45)63-56-25-18-38(31-47(56)58)40-13-20-49(60-33-40)39-19-26-57-48(32-39)59(3,4)46-30-37(17-24-55(46)64-57)35-15-22-53-44(28-35)42-10-6-8-12-51(42)62-53/h5-32H,33H2,1-4H3/q-1. The van der Waals surface area contributed by atoms with Crippen LogP contribution < -0.4 is 9.47 Å². The fraction of sp³-hybridized carbons (Fsp3) is 0.119. The summed E-state index contributed by atoms with van der Waals surface area (Å²) in [6.45, 7) is 9.76. The molecule has 0 unspecified atom stereocenters. The van der Waals surface area contributed by atoms with Gasteiger partial charge in [-0.3, -0.25) is 0 Å². The summed E-state index contributed by atoms with van der Waals surface area (Å²) in [6.07, 6.45) is 4.38. The normalized spacial score (nSPS) is 15.6. The first-order valence-electron chi connectivity index (χ1n) is 22.0. The summed E-state index contributed by atoms with van der Waals surface area (Å²) in [7, 11) is 0. The summed E-state index contributed by atoms with van der Waals surface area (Å²) in [5.74, 6) is 3.56. The molecule has 5 nitrogen and oxygen atoms in total. The first kappa shape index (κ1) is 36.9. The van der Waals surface area contributed by atoms with Gasteiger partial charge in [0, 0.05) is 54.6 Å². The van der Waals surface area contributed by atoms with Gasteiger partial charge in [0.05, 0.1) is 0 Å². The largest absolute Gasteiger partial charge is 0.680 e. The molecule has 0 saturated carbocycles. The first-order valence-corrected chi connectivity index (χ1v) is 22.0. The Morgan fingerprint density at radius 1 is 0.375 bits per heavy atom. The van der Waals surface area contributed by atoms with Crippen molar-refractivity contribution in [3.05, 3.63) is 209 Å². The predicted molar refractivity (Wildman–Crippen MR) is 260 cm³/mol. The molecule has 308 valence electrons. The Balaban J connectivity index is 0.784. The summed E-state index contributed by atoms with van der Waals surface area (Å²) in [6, 6.07) is 55.6. The number of rotatable bonds is 4. The molecule has 0 N–H and O–H groups in total. The summed E-state index contributed by atoms with van der Waals surface area (Å²) in [5.41, 5.74) is 16.6. The minimum Gasteiger partial charge on any atom is -0.680 e. The average Bonchev–Trinajstić information content (AvgIpc) is 3.89. The van der Waals surface area contributed by atoms with Crippen molar-refractivity contribution in [3.8, 4) is 45.3 Å². The number of benzene rings is 8. The maximum absolute atomic E-state index is 6.59. The van der Waals surface area contributed by atoms with E-state index >= 15 is 0 Å². The lowest BCUT2D eigenvalue weighted by molar-refractivity contribution is 0.417. The molecule has 3 aliphatic heterocycles. The van der Waals surface area contributed by atoms with Crippen LogP contribution in [0.15, 0.2) is 179 Å². The van der Waals surface area contributed by atoms with Crippen molar-refractivity contribution >= 4 is 55.1 Å². The molecular weight excluding hydrogens is 787 g/mol. The third-order valence-electron chi connectivity index (χ3n) is 14.0. The second-order valence-corrected chi connectivity index (χ2v) is 18.5. The van der Waals surface area contributed by atoms with Gasteiger partial charge in [-0.25, -0.2) is 0 Å². The predicted octanol–water partition coefficient (Wildman–Crippen LogP) is 16.5. The zero-order valence-corrected chi connectivity index (χ0v) is 36.0. The van der Waals surface area contributed by atoms with Gasteiger partial charge in [0.1, 0.15) is 45.3 Å². The Kier molecular flexibility index (Phi) is 7.70. The lowest BCUT2D eigenvalue weighted by Crippen LogP contribution is -2.24. The van der Waals surface area contributed by atoms with Crippen LogP contribution in [0.3, 0.4) is 0 Å². The smallest absolute Gasteiger partial charge is 0.135 e. The molecule has 0 spiro atoms. The quantitative estimate of drug-likeness (QED) is 0.177. The second kappa shape index (κ2) is 13.4. The summed E-state index contributed by atoms with van der Waals surface area (Å²) >= 11 is 0. The monoisotopic (exact) mass is 828 g/mol. The number of hydrogen-bond donors (Lipinski definition) is 0. The lowest BCUT2D eigenvalue weighted by Gasteiger charge is -2.37. The van der Waals surface area contributed by atoms with E-state index in [1.54, 1.807) is 0 Å². The van der Waals surface area contributed by atoms with E-state index in [2.05, 4.69) is 173 Å². The molecule has 8 aromatic carbocycles. The van der Waals surface area contributed by atoms with Crippen LogP contribution in [0.1, 0.15) is 61.1 Å². The molecule has 5 heterocycles. The van der Waals surface area contributed by atoms with Crippen LogP contribution in [0.5, 0.6) is 23.0 Å². The highest BCUT2D eigenvalue weighted by molar-refractivity contribution is 6.07. The van der Waals surface area contributed by atoms with Crippen molar-refractivity contribution in [2.75, 3.05) is 6.54 Å². The number of ether oxygens (including phenoxy) is 2. The Bertz CT molecular complexity index is 3440. The minimum atomic E-state index is -0.308. The average molecular weight is 829 g/mol. The van der Waals surface area contributed by atoms with Gasteiger partial charge in [0.25, 0.3) is 0 Å². The van der Waals surface area contributed by atoms with Crippen molar-refractivity contribution in [3.63, 3.8) is 0 Å². The molecule has 0 bridgehead atoms. The Morgan fingerprint density at radius 3 is 1.25 bits per heavy atom. The molecule has 2 aromatic heterocycles. The van der Waals surface area contributed by atoms with Gasteiger partial charge in [-0.1, -0.05) is 118 Å². The Morgan fingerprint density at radius 2 is 0.766 bits per heavy atom. The van der Waals surface area contributed by atoms with E-state index < -0.39 is 0 Å². The molecule has 0 fully saturated rings. The van der Waals surface area contributed by atoms with Crippen LogP contribution in [0.2, 0.25) is 0 Å².